The predicted octanol–water partition coefficient (Wildman–Crippen LogP) is 2.96. The second kappa shape index (κ2) is 10.6. The van der Waals surface area contributed by atoms with Gasteiger partial charge in [-0.2, -0.15) is 5.26 Å². The van der Waals surface area contributed by atoms with Gasteiger partial charge in [-0.05, 0) is 62.5 Å². The Balaban J connectivity index is 2.10. The van der Waals surface area contributed by atoms with Crippen molar-refractivity contribution >= 4 is 27.5 Å². The van der Waals surface area contributed by atoms with E-state index in [0.29, 0.717) is 17.1 Å². The number of benzene rings is 3. The van der Waals surface area contributed by atoms with Gasteiger partial charge in [0.1, 0.15) is 11.5 Å². The summed E-state index contributed by atoms with van der Waals surface area (Å²) in [5, 5.41) is 9.76. The summed E-state index contributed by atoms with van der Waals surface area (Å²) in [6.07, 6.45) is 0. The van der Waals surface area contributed by atoms with Crippen LogP contribution in [-0.2, 0) is 25.2 Å². The lowest BCUT2D eigenvalue weighted by molar-refractivity contribution is -0.138. The van der Waals surface area contributed by atoms with Gasteiger partial charge in [-0.3, -0.25) is 14.5 Å². The molecule has 1 aliphatic rings. The van der Waals surface area contributed by atoms with Crippen molar-refractivity contribution in [2.75, 3.05) is 39.7 Å². The van der Waals surface area contributed by atoms with Crippen LogP contribution in [0.1, 0.15) is 23.6 Å². The fourth-order valence-corrected chi connectivity index (χ4v) is 6.56. The summed E-state index contributed by atoms with van der Waals surface area (Å²) in [5.74, 6) is -0.382. The van der Waals surface area contributed by atoms with E-state index in [1.54, 1.807) is 57.2 Å². The lowest BCUT2D eigenvalue weighted by Gasteiger charge is -2.42. The molecule has 0 saturated carbocycles. The monoisotopic (exact) mass is 562 g/mol. The van der Waals surface area contributed by atoms with Crippen LogP contribution in [0.3, 0.4) is 0 Å². The van der Waals surface area contributed by atoms with E-state index < -0.39 is 27.5 Å². The number of sulfonamides is 1. The van der Waals surface area contributed by atoms with E-state index in [9.17, 15) is 23.3 Å². The van der Waals surface area contributed by atoms with Gasteiger partial charge in [0.05, 0.1) is 42.5 Å². The third-order valence-corrected chi connectivity index (χ3v) is 8.94. The van der Waals surface area contributed by atoms with Crippen molar-refractivity contribution in [3.8, 4) is 17.6 Å². The third-order valence-electron chi connectivity index (χ3n) is 7.23. The van der Waals surface area contributed by atoms with Gasteiger partial charge in [0, 0.05) is 25.2 Å². The minimum absolute atomic E-state index is 0.0714. The second-order valence-corrected chi connectivity index (χ2v) is 11.3. The first-order valence-corrected chi connectivity index (χ1v) is 13.8. The third kappa shape index (κ3) is 4.26. The van der Waals surface area contributed by atoms with Crippen molar-refractivity contribution in [1.29, 1.82) is 5.26 Å². The van der Waals surface area contributed by atoms with Crippen molar-refractivity contribution in [1.82, 2.24) is 9.80 Å². The molecule has 40 heavy (non-hydrogen) atoms. The van der Waals surface area contributed by atoms with Crippen LogP contribution in [0.4, 0.5) is 5.69 Å². The fourth-order valence-electron chi connectivity index (χ4n) is 5.10. The van der Waals surface area contributed by atoms with Crippen molar-refractivity contribution < 1.29 is 27.5 Å². The number of rotatable bonds is 8. The molecule has 10 nitrogen and oxygen atoms in total. The largest absolute Gasteiger partial charge is 0.497 e. The van der Waals surface area contributed by atoms with Crippen molar-refractivity contribution in [3.05, 3.63) is 83.4 Å². The van der Waals surface area contributed by atoms with Crippen LogP contribution >= 0.6 is 0 Å². The molecule has 1 aliphatic heterocycles. The molecule has 0 spiro atoms. The van der Waals surface area contributed by atoms with Gasteiger partial charge < -0.3 is 14.4 Å². The zero-order valence-corrected chi connectivity index (χ0v) is 23.9. The maximum absolute atomic E-state index is 14.9. The Morgan fingerprint density at radius 2 is 1.62 bits per heavy atom. The number of fused-ring (bicyclic) bond motifs is 1. The summed E-state index contributed by atoms with van der Waals surface area (Å²) in [4.78, 5) is 30.9. The maximum atomic E-state index is 14.9. The molecule has 4 rings (SSSR count). The molecule has 0 aliphatic carbocycles. The summed E-state index contributed by atoms with van der Waals surface area (Å²) in [7, 11) is 3.23. The SMILES string of the molecule is COc1ccc(S(=O)(=O)N2C(=O)C(c3ccccc3OC)(N(C)[C@@H](C)C(=O)N(C)C)c3cc(C#N)ccc32)cc1. The van der Waals surface area contributed by atoms with E-state index >= 15 is 0 Å². The van der Waals surface area contributed by atoms with Gasteiger partial charge in [0.25, 0.3) is 15.9 Å². The molecule has 3 aromatic carbocycles. The van der Waals surface area contributed by atoms with Crippen molar-refractivity contribution in [2.24, 2.45) is 0 Å². The summed E-state index contributed by atoms with van der Waals surface area (Å²) in [6.45, 7) is 1.64. The van der Waals surface area contributed by atoms with Crippen LogP contribution in [0, 0.1) is 11.3 Å². The number of nitrogens with zero attached hydrogens (tertiary/aromatic N) is 4. The number of methoxy groups -OCH3 is 2. The topological polar surface area (TPSA) is 120 Å². The number of carbonyl (C=O) groups excluding carboxylic acids is 2. The average molecular weight is 563 g/mol. The second-order valence-electron chi connectivity index (χ2n) is 9.52. The number of anilines is 1. The molecule has 0 saturated heterocycles. The van der Waals surface area contributed by atoms with E-state index in [0.717, 1.165) is 4.31 Å². The molecular formula is C29H30N4O6S. The molecule has 0 aromatic heterocycles. The number of likely N-dealkylation sites (N-methyl/N-ethyl adjacent to an activating group) is 2. The Hall–Kier alpha value is -4.40. The first-order valence-electron chi connectivity index (χ1n) is 12.3. The highest BCUT2D eigenvalue weighted by Gasteiger charge is 2.60. The first-order chi connectivity index (χ1) is 19.0. The number of para-hydroxylation sites is 1. The smallest absolute Gasteiger partial charge is 0.271 e. The zero-order valence-electron chi connectivity index (χ0n) is 23.1. The van der Waals surface area contributed by atoms with Gasteiger partial charge in [-0.15, -0.1) is 0 Å². The number of ether oxygens (including phenoxy) is 2. The lowest BCUT2D eigenvalue weighted by atomic mass is 9.80. The van der Waals surface area contributed by atoms with E-state index in [2.05, 4.69) is 6.07 Å². The number of amides is 2. The van der Waals surface area contributed by atoms with E-state index in [1.807, 2.05) is 0 Å². The molecule has 208 valence electrons. The van der Waals surface area contributed by atoms with Crippen molar-refractivity contribution in [3.63, 3.8) is 0 Å². The van der Waals surface area contributed by atoms with Gasteiger partial charge >= 0.3 is 0 Å². The maximum Gasteiger partial charge on any atom is 0.271 e. The van der Waals surface area contributed by atoms with Crippen LogP contribution < -0.4 is 13.8 Å². The minimum atomic E-state index is -4.46. The Morgan fingerprint density at radius 1 is 0.975 bits per heavy atom. The van der Waals surface area contributed by atoms with Gasteiger partial charge in [-0.1, -0.05) is 18.2 Å². The fraction of sp³-hybridized carbons (Fsp3) is 0.276. The van der Waals surface area contributed by atoms with E-state index in [1.165, 1.54) is 61.6 Å². The molecule has 0 radical (unpaired) electrons. The summed E-state index contributed by atoms with van der Waals surface area (Å²) >= 11 is 0. The highest BCUT2D eigenvalue weighted by atomic mass is 32.2. The van der Waals surface area contributed by atoms with Crippen molar-refractivity contribution in [2.45, 2.75) is 23.4 Å². The van der Waals surface area contributed by atoms with Crippen LogP contribution in [0.25, 0.3) is 0 Å². The number of hydrogen-bond donors (Lipinski definition) is 0. The van der Waals surface area contributed by atoms with Gasteiger partial charge in [0.15, 0.2) is 5.54 Å². The first kappa shape index (κ1) is 28.6. The molecule has 0 bridgehead atoms. The Bertz CT molecular complexity index is 1610. The minimum Gasteiger partial charge on any atom is -0.497 e. The summed E-state index contributed by atoms with van der Waals surface area (Å²) in [5.41, 5.74) is -0.998. The highest BCUT2D eigenvalue weighted by Crippen LogP contribution is 2.52. The molecule has 0 N–H and O–H groups in total. The lowest BCUT2D eigenvalue weighted by Crippen LogP contribution is -2.59. The van der Waals surface area contributed by atoms with Crippen LogP contribution in [0.2, 0.25) is 0 Å². The van der Waals surface area contributed by atoms with Gasteiger partial charge in [0.2, 0.25) is 5.91 Å². The highest BCUT2D eigenvalue weighted by molar-refractivity contribution is 7.93. The standard InChI is InChI=1S/C29H30N4O6S/c1-19(27(34)31(2)3)32(4)29(23-9-7-8-10-26(23)39-6)24-17-20(18-30)11-16-25(24)33(28(29)35)40(36,37)22-14-12-21(38-5)13-15-22/h7-17,19H,1-6H3/t19-,29?/m0/s1. The van der Waals surface area contributed by atoms with Crippen LogP contribution in [0.5, 0.6) is 11.5 Å². The Labute approximate surface area is 234 Å². The molecule has 2 atom stereocenters. The van der Waals surface area contributed by atoms with E-state index in [-0.39, 0.29) is 27.6 Å². The Kier molecular flexibility index (Phi) is 7.61. The zero-order chi connectivity index (χ0) is 29.4. The van der Waals surface area contributed by atoms with Crippen LogP contribution in [-0.4, -0.2) is 71.4 Å². The molecule has 3 aromatic rings. The molecule has 1 heterocycles. The molecule has 2 amide bonds. The van der Waals surface area contributed by atoms with E-state index in [4.69, 9.17) is 9.47 Å². The van der Waals surface area contributed by atoms with Gasteiger partial charge in [-0.25, -0.2) is 12.7 Å². The summed E-state index contributed by atoms with van der Waals surface area (Å²) < 4.78 is 39.9. The predicted molar refractivity (Wildman–Crippen MR) is 149 cm³/mol. The summed E-state index contributed by atoms with van der Waals surface area (Å²) in [6, 6.07) is 18.0. The molecule has 1 unspecified atom stereocenters. The number of carbonyl (C=O) groups is 2. The quantitative estimate of drug-likeness (QED) is 0.411. The average Bonchev–Trinajstić information content (AvgIpc) is 3.23. The van der Waals surface area contributed by atoms with Crippen LogP contribution in [0.15, 0.2) is 71.6 Å². The molecule has 11 heteroatoms. The number of nitriles is 1. The Morgan fingerprint density at radius 3 is 2.20 bits per heavy atom. The normalized spacial score (nSPS) is 17.2. The molecule has 0 fully saturated rings. The molecular weight excluding hydrogens is 532 g/mol. The number of hydrogen-bond acceptors (Lipinski definition) is 8.